The van der Waals surface area contributed by atoms with E-state index in [0.29, 0.717) is 28.4 Å². The maximum absolute atomic E-state index is 12.2. The number of hydrogen-bond donors (Lipinski definition) is 1. The number of carbonyl (C=O) groups excluding carboxylic acids is 1. The molecule has 3 aromatic carbocycles. The Morgan fingerprint density at radius 1 is 1.00 bits per heavy atom. The molecular weight excluding hydrogens is 388 g/mol. The Balaban J connectivity index is 1.44. The number of ether oxygens (including phenoxy) is 1. The van der Waals surface area contributed by atoms with Crippen LogP contribution in [0.3, 0.4) is 0 Å². The molecule has 0 bridgehead atoms. The van der Waals surface area contributed by atoms with Gasteiger partial charge in [-0.1, -0.05) is 50.6 Å². The first kappa shape index (κ1) is 20.7. The maximum Gasteiger partial charge on any atom is 0.262 e. The first-order valence-electron chi connectivity index (χ1n) is 10.3. The Kier molecular flexibility index (Phi) is 5.51. The summed E-state index contributed by atoms with van der Waals surface area (Å²) in [7, 11) is 0. The fourth-order valence-electron chi connectivity index (χ4n) is 3.22. The molecule has 4 rings (SSSR count). The van der Waals surface area contributed by atoms with Crippen LogP contribution in [0, 0.1) is 6.92 Å². The molecule has 5 heteroatoms. The number of nitrogens with one attached hydrogen (secondary N) is 1. The quantitative estimate of drug-likeness (QED) is 0.427. The summed E-state index contributed by atoms with van der Waals surface area (Å²) in [6, 6.07) is 21.2. The molecule has 0 atom stereocenters. The molecule has 0 unspecified atom stereocenters. The van der Waals surface area contributed by atoms with Crippen LogP contribution in [-0.4, -0.2) is 17.5 Å². The highest BCUT2D eigenvalue weighted by atomic mass is 16.5. The van der Waals surface area contributed by atoms with Gasteiger partial charge in [-0.05, 0) is 60.4 Å². The van der Waals surface area contributed by atoms with Crippen LogP contribution >= 0.6 is 0 Å². The lowest BCUT2D eigenvalue weighted by atomic mass is 9.87. The minimum atomic E-state index is -0.235. The van der Waals surface area contributed by atoms with Crippen molar-refractivity contribution in [1.82, 2.24) is 4.98 Å². The zero-order chi connectivity index (χ0) is 22.0. The van der Waals surface area contributed by atoms with Gasteiger partial charge in [0.15, 0.2) is 12.2 Å². The van der Waals surface area contributed by atoms with Crippen molar-refractivity contribution in [1.29, 1.82) is 0 Å². The predicted octanol–water partition coefficient (Wildman–Crippen LogP) is 6.12. The third-order valence-corrected chi connectivity index (χ3v) is 5.06. The molecule has 0 radical (unpaired) electrons. The Bertz CT molecular complexity index is 1200. The van der Waals surface area contributed by atoms with E-state index in [-0.39, 0.29) is 17.9 Å². The average Bonchev–Trinajstić information content (AvgIpc) is 3.16. The summed E-state index contributed by atoms with van der Waals surface area (Å²) < 4.78 is 11.4. The number of anilines is 1. The summed E-state index contributed by atoms with van der Waals surface area (Å²) in [5.74, 6) is 0.984. The third kappa shape index (κ3) is 4.94. The number of rotatable bonds is 5. The fraction of sp³-hybridized carbons (Fsp3) is 0.231. The predicted molar refractivity (Wildman–Crippen MR) is 123 cm³/mol. The van der Waals surface area contributed by atoms with Gasteiger partial charge < -0.3 is 14.5 Å². The highest BCUT2D eigenvalue weighted by molar-refractivity contribution is 5.94. The summed E-state index contributed by atoms with van der Waals surface area (Å²) in [5, 5.41) is 2.84. The van der Waals surface area contributed by atoms with Crippen molar-refractivity contribution in [2.24, 2.45) is 0 Å². The first-order chi connectivity index (χ1) is 14.8. The Morgan fingerprint density at radius 3 is 2.39 bits per heavy atom. The molecule has 1 N–H and O–H groups in total. The minimum absolute atomic E-state index is 0.0642. The van der Waals surface area contributed by atoms with E-state index in [2.05, 4.69) is 43.2 Å². The van der Waals surface area contributed by atoms with E-state index in [1.54, 1.807) is 12.1 Å². The Morgan fingerprint density at radius 2 is 1.71 bits per heavy atom. The van der Waals surface area contributed by atoms with Crippen molar-refractivity contribution >= 4 is 22.7 Å². The normalized spacial score (nSPS) is 11.5. The van der Waals surface area contributed by atoms with Crippen molar-refractivity contribution in [3.05, 3.63) is 77.9 Å². The van der Waals surface area contributed by atoms with Gasteiger partial charge >= 0.3 is 0 Å². The molecule has 158 valence electrons. The number of aryl methyl sites for hydroxylation is 1. The number of carbonyl (C=O) groups is 1. The molecule has 4 aromatic rings. The van der Waals surface area contributed by atoms with Gasteiger partial charge in [0.1, 0.15) is 11.3 Å². The van der Waals surface area contributed by atoms with Gasteiger partial charge in [-0.2, -0.15) is 0 Å². The molecule has 0 aliphatic heterocycles. The van der Waals surface area contributed by atoms with E-state index in [9.17, 15) is 4.79 Å². The standard InChI is InChI=1S/C26H26N2O3/c1-17-5-12-21(13-6-17)30-16-24(29)27-20-11-14-23-22(15-20)28-25(31-23)18-7-9-19(10-8-18)26(2,3)4/h5-15H,16H2,1-4H3,(H,27,29). The summed E-state index contributed by atoms with van der Waals surface area (Å²) in [5.41, 5.74) is 5.41. The van der Waals surface area contributed by atoms with E-state index in [4.69, 9.17) is 9.15 Å². The van der Waals surface area contributed by atoms with Gasteiger partial charge in [-0.3, -0.25) is 4.79 Å². The second kappa shape index (κ2) is 8.26. The van der Waals surface area contributed by atoms with Crippen molar-refractivity contribution in [3.63, 3.8) is 0 Å². The number of aromatic nitrogens is 1. The number of amides is 1. The molecule has 1 aromatic heterocycles. The number of benzene rings is 3. The molecule has 5 nitrogen and oxygen atoms in total. The van der Waals surface area contributed by atoms with Gasteiger partial charge in [-0.15, -0.1) is 0 Å². The maximum atomic E-state index is 12.2. The lowest BCUT2D eigenvalue weighted by Gasteiger charge is -2.18. The zero-order valence-corrected chi connectivity index (χ0v) is 18.2. The Hall–Kier alpha value is -3.60. The van der Waals surface area contributed by atoms with E-state index in [1.165, 1.54) is 5.56 Å². The van der Waals surface area contributed by atoms with Crippen LogP contribution in [-0.2, 0) is 10.2 Å². The third-order valence-electron chi connectivity index (χ3n) is 5.06. The molecule has 0 aliphatic rings. The number of oxazole rings is 1. The summed E-state index contributed by atoms with van der Waals surface area (Å²) in [6.07, 6.45) is 0. The molecular formula is C26H26N2O3. The SMILES string of the molecule is Cc1ccc(OCC(=O)Nc2ccc3oc(-c4ccc(C(C)(C)C)cc4)nc3c2)cc1. The number of nitrogens with zero attached hydrogens (tertiary/aromatic N) is 1. The molecule has 1 amide bonds. The molecule has 0 spiro atoms. The van der Waals surface area contributed by atoms with Gasteiger partial charge in [0.25, 0.3) is 5.91 Å². The zero-order valence-electron chi connectivity index (χ0n) is 18.2. The second-order valence-electron chi connectivity index (χ2n) is 8.68. The van der Waals surface area contributed by atoms with Crippen molar-refractivity contribution in [2.45, 2.75) is 33.1 Å². The monoisotopic (exact) mass is 414 g/mol. The van der Waals surface area contributed by atoms with Gasteiger partial charge in [0, 0.05) is 11.3 Å². The molecule has 0 aliphatic carbocycles. The average molecular weight is 415 g/mol. The lowest BCUT2D eigenvalue weighted by Crippen LogP contribution is -2.20. The van der Waals surface area contributed by atoms with E-state index >= 15 is 0 Å². The van der Waals surface area contributed by atoms with Crippen LogP contribution in [0.4, 0.5) is 5.69 Å². The van der Waals surface area contributed by atoms with Crippen LogP contribution in [0.5, 0.6) is 5.75 Å². The molecule has 0 saturated heterocycles. The lowest BCUT2D eigenvalue weighted by molar-refractivity contribution is -0.118. The molecule has 0 fully saturated rings. The molecule has 0 saturated carbocycles. The van der Waals surface area contributed by atoms with Crippen molar-refractivity contribution < 1.29 is 13.9 Å². The minimum Gasteiger partial charge on any atom is -0.484 e. The van der Waals surface area contributed by atoms with Crippen LogP contribution in [0.2, 0.25) is 0 Å². The van der Waals surface area contributed by atoms with Gasteiger partial charge in [0.05, 0.1) is 0 Å². The second-order valence-corrected chi connectivity index (χ2v) is 8.68. The number of hydrogen-bond acceptors (Lipinski definition) is 4. The highest BCUT2D eigenvalue weighted by Gasteiger charge is 2.15. The van der Waals surface area contributed by atoms with Crippen LogP contribution in [0.1, 0.15) is 31.9 Å². The van der Waals surface area contributed by atoms with E-state index in [0.717, 1.165) is 11.1 Å². The largest absolute Gasteiger partial charge is 0.484 e. The smallest absolute Gasteiger partial charge is 0.262 e. The van der Waals surface area contributed by atoms with Crippen molar-refractivity contribution in [3.8, 4) is 17.2 Å². The highest BCUT2D eigenvalue weighted by Crippen LogP contribution is 2.29. The van der Waals surface area contributed by atoms with E-state index in [1.807, 2.05) is 49.4 Å². The van der Waals surface area contributed by atoms with Gasteiger partial charge in [-0.25, -0.2) is 4.98 Å². The first-order valence-corrected chi connectivity index (χ1v) is 10.3. The summed E-state index contributed by atoms with van der Waals surface area (Å²) >= 11 is 0. The van der Waals surface area contributed by atoms with Crippen LogP contribution in [0.25, 0.3) is 22.6 Å². The van der Waals surface area contributed by atoms with Crippen molar-refractivity contribution in [2.75, 3.05) is 11.9 Å². The summed E-state index contributed by atoms with van der Waals surface area (Å²) in [4.78, 5) is 16.8. The topological polar surface area (TPSA) is 64.4 Å². The molecule has 31 heavy (non-hydrogen) atoms. The van der Waals surface area contributed by atoms with Crippen LogP contribution < -0.4 is 10.1 Å². The van der Waals surface area contributed by atoms with E-state index < -0.39 is 0 Å². The molecule has 1 heterocycles. The van der Waals surface area contributed by atoms with Gasteiger partial charge in [0.2, 0.25) is 5.89 Å². The summed E-state index contributed by atoms with van der Waals surface area (Å²) in [6.45, 7) is 8.49. The Labute approximate surface area is 182 Å². The van der Waals surface area contributed by atoms with Crippen LogP contribution in [0.15, 0.2) is 71.1 Å². The fourth-order valence-corrected chi connectivity index (χ4v) is 3.22. The number of fused-ring (bicyclic) bond motifs is 1.